The molecular weight excluding hydrogens is 198 g/mol. The largest absolute Gasteiger partial charge is 0.456 e. The molecule has 0 fully saturated rings. The number of nitrogens with one attached hydrogen (secondary N) is 1. The second-order valence-corrected chi connectivity index (χ2v) is 3.78. The van der Waals surface area contributed by atoms with Crippen LogP contribution in [-0.2, 0) is 9.53 Å². The maximum absolute atomic E-state index is 11.1. The highest BCUT2D eigenvalue weighted by Gasteiger charge is 2.14. The fourth-order valence-corrected chi connectivity index (χ4v) is 0.748. The Morgan fingerprint density at radius 2 is 2.33 bits per heavy atom. The summed E-state index contributed by atoms with van der Waals surface area (Å²) in [6.07, 6.45) is 2.48. The van der Waals surface area contributed by atoms with Crippen LogP contribution in [0, 0.1) is 0 Å². The van der Waals surface area contributed by atoms with Crippen molar-refractivity contribution in [1.82, 2.24) is 10.2 Å². The number of esters is 1. The summed E-state index contributed by atoms with van der Waals surface area (Å²) < 4.78 is 4.96. The second kappa shape index (κ2) is 4.59. The molecule has 1 aromatic heterocycles. The Kier molecular flexibility index (Phi) is 3.43. The Morgan fingerprint density at radius 3 is 2.87 bits per heavy atom. The van der Waals surface area contributed by atoms with Gasteiger partial charge in [0.05, 0.1) is 6.20 Å². The van der Waals surface area contributed by atoms with E-state index < -0.39 is 11.6 Å². The van der Waals surface area contributed by atoms with Crippen LogP contribution < -0.4 is 4.84 Å². The Balaban J connectivity index is 2.35. The molecule has 6 heteroatoms. The van der Waals surface area contributed by atoms with Crippen LogP contribution in [0.5, 0.6) is 5.88 Å². The van der Waals surface area contributed by atoms with E-state index in [2.05, 4.69) is 15.4 Å². The Bertz CT molecular complexity index is 338. The second-order valence-electron chi connectivity index (χ2n) is 3.78. The van der Waals surface area contributed by atoms with E-state index in [4.69, 9.17) is 9.57 Å². The molecule has 0 amide bonds. The van der Waals surface area contributed by atoms with E-state index in [1.807, 2.05) is 0 Å². The van der Waals surface area contributed by atoms with Gasteiger partial charge in [-0.25, -0.2) is 9.89 Å². The van der Waals surface area contributed by atoms with E-state index in [1.165, 1.54) is 6.20 Å². The summed E-state index contributed by atoms with van der Waals surface area (Å²) in [5, 5.41) is 9.59. The lowest BCUT2D eigenvalue weighted by molar-refractivity contribution is -0.145. The molecule has 1 heterocycles. The average molecular weight is 211 g/mol. The molecule has 1 rings (SSSR count). The van der Waals surface area contributed by atoms with Gasteiger partial charge in [-0.2, -0.15) is 5.10 Å². The molecule has 15 heavy (non-hydrogen) atoms. The first-order chi connectivity index (χ1) is 6.97. The van der Waals surface area contributed by atoms with E-state index in [1.54, 1.807) is 26.8 Å². The highest BCUT2D eigenvalue weighted by molar-refractivity contribution is 6.23. The third-order valence-electron chi connectivity index (χ3n) is 1.19. The maximum Gasteiger partial charge on any atom is 0.353 e. The van der Waals surface area contributed by atoms with Gasteiger partial charge in [0.1, 0.15) is 5.60 Å². The molecule has 0 radical (unpaired) electrons. The topological polar surface area (TPSA) is 76.6 Å². The third kappa shape index (κ3) is 4.80. The smallest absolute Gasteiger partial charge is 0.353 e. The average Bonchev–Trinajstić information content (AvgIpc) is 2.53. The number of aromatic amines is 1. The third-order valence-corrected chi connectivity index (χ3v) is 1.19. The van der Waals surface area contributed by atoms with E-state index in [-0.39, 0.29) is 0 Å². The highest BCUT2D eigenvalue weighted by Crippen LogP contribution is 2.06. The lowest BCUT2D eigenvalue weighted by Gasteiger charge is -2.17. The van der Waals surface area contributed by atoms with E-state index in [0.717, 1.165) is 6.21 Å². The SMILES string of the molecule is CC(C)(C)OC(=O)C=NOc1ccn[nH]1. The Morgan fingerprint density at radius 1 is 1.60 bits per heavy atom. The number of carbonyl (C=O) groups is 1. The van der Waals surface area contributed by atoms with Crippen LogP contribution in [0.2, 0.25) is 0 Å². The van der Waals surface area contributed by atoms with E-state index >= 15 is 0 Å². The summed E-state index contributed by atoms with van der Waals surface area (Å²) in [5.74, 6) is -0.197. The molecule has 0 aliphatic rings. The van der Waals surface area contributed by atoms with Crippen molar-refractivity contribution in [3.05, 3.63) is 12.3 Å². The molecule has 0 spiro atoms. The predicted molar refractivity (Wildman–Crippen MR) is 53.6 cm³/mol. The monoisotopic (exact) mass is 211 g/mol. The van der Waals surface area contributed by atoms with Crippen LogP contribution in [0.25, 0.3) is 0 Å². The van der Waals surface area contributed by atoms with Crippen LogP contribution in [-0.4, -0.2) is 28.0 Å². The number of carbonyl (C=O) groups excluding carboxylic acids is 1. The summed E-state index contributed by atoms with van der Waals surface area (Å²) in [5.41, 5.74) is -0.531. The van der Waals surface area contributed by atoms with Crippen molar-refractivity contribution in [3.8, 4) is 5.88 Å². The van der Waals surface area contributed by atoms with Crippen molar-refractivity contribution in [2.45, 2.75) is 26.4 Å². The summed E-state index contributed by atoms with van der Waals surface area (Å²) in [6.45, 7) is 5.32. The first-order valence-electron chi connectivity index (χ1n) is 4.40. The van der Waals surface area contributed by atoms with Gasteiger partial charge in [-0.3, -0.25) is 0 Å². The number of aromatic nitrogens is 2. The molecule has 1 N–H and O–H groups in total. The number of H-pyrrole nitrogens is 1. The molecule has 0 saturated carbocycles. The fourth-order valence-electron chi connectivity index (χ4n) is 0.748. The minimum absolute atomic E-state index is 0.356. The quantitative estimate of drug-likeness (QED) is 0.461. The summed E-state index contributed by atoms with van der Waals surface area (Å²) >= 11 is 0. The number of oxime groups is 1. The van der Waals surface area contributed by atoms with Crippen molar-refractivity contribution in [1.29, 1.82) is 0 Å². The van der Waals surface area contributed by atoms with Gasteiger partial charge in [0.15, 0.2) is 6.21 Å². The van der Waals surface area contributed by atoms with E-state index in [0.29, 0.717) is 5.88 Å². The minimum Gasteiger partial charge on any atom is -0.456 e. The standard InChI is InChI=1S/C9H13N3O3/c1-9(2,3)14-8(13)6-11-15-7-4-5-10-12-7/h4-6H,1-3H3,(H,10,12). The maximum atomic E-state index is 11.1. The van der Waals surface area contributed by atoms with Crippen LogP contribution in [0.3, 0.4) is 0 Å². The molecule has 0 aliphatic heterocycles. The Labute approximate surface area is 87.3 Å². The van der Waals surface area contributed by atoms with Crippen LogP contribution >= 0.6 is 0 Å². The van der Waals surface area contributed by atoms with Gasteiger partial charge in [-0.15, -0.1) is 0 Å². The lowest BCUT2D eigenvalue weighted by Crippen LogP contribution is -2.24. The van der Waals surface area contributed by atoms with Gasteiger partial charge in [0.25, 0.3) is 0 Å². The fraction of sp³-hybridized carbons (Fsp3) is 0.444. The zero-order valence-corrected chi connectivity index (χ0v) is 8.85. The van der Waals surface area contributed by atoms with Gasteiger partial charge in [-0.05, 0) is 20.8 Å². The first kappa shape index (κ1) is 11.2. The molecule has 6 nitrogen and oxygen atoms in total. The van der Waals surface area contributed by atoms with Crippen LogP contribution in [0.15, 0.2) is 17.4 Å². The van der Waals surface area contributed by atoms with Gasteiger partial charge < -0.3 is 9.57 Å². The predicted octanol–water partition coefficient (Wildman–Crippen LogP) is 1.12. The van der Waals surface area contributed by atoms with Gasteiger partial charge in [0, 0.05) is 6.07 Å². The summed E-state index contributed by atoms with van der Waals surface area (Å²) in [7, 11) is 0. The molecule has 0 aromatic carbocycles. The number of hydrogen-bond acceptors (Lipinski definition) is 5. The molecule has 0 saturated heterocycles. The molecule has 0 aliphatic carbocycles. The number of ether oxygens (including phenoxy) is 1. The molecule has 0 bridgehead atoms. The van der Waals surface area contributed by atoms with Crippen molar-refractivity contribution in [2.75, 3.05) is 0 Å². The van der Waals surface area contributed by atoms with Crippen LogP contribution in [0.4, 0.5) is 0 Å². The van der Waals surface area contributed by atoms with Crippen molar-refractivity contribution >= 4 is 12.2 Å². The van der Waals surface area contributed by atoms with Gasteiger partial charge >= 0.3 is 5.97 Å². The zero-order chi connectivity index (χ0) is 11.3. The zero-order valence-electron chi connectivity index (χ0n) is 8.85. The van der Waals surface area contributed by atoms with Gasteiger partial charge in [0.2, 0.25) is 5.88 Å². The van der Waals surface area contributed by atoms with Gasteiger partial charge in [-0.1, -0.05) is 5.16 Å². The molecule has 0 unspecified atom stereocenters. The molecule has 1 aromatic rings. The number of rotatable bonds is 3. The van der Waals surface area contributed by atoms with Crippen molar-refractivity contribution in [3.63, 3.8) is 0 Å². The van der Waals surface area contributed by atoms with Crippen molar-refractivity contribution < 1.29 is 14.4 Å². The van der Waals surface area contributed by atoms with E-state index in [9.17, 15) is 4.79 Å². The number of nitrogens with zero attached hydrogens (tertiary/aromatic N) is 2. The highest BCUT2D eigenvalue weighted by atomic mass is 16.6. The molecular formula is C9H13N3O3. The minimum atomic E-state index is -0.554. The summed E-state index contributed by atoms with van der Waals surface area (Å²) in [4.78, 5) is 15.9. The first-order valence-corrected chi connectivity index (χ1v) is 4.40. The normalized spacial score (nSPS) is 11.7. The molecule has 82 valence electrons. The van der Waals surface area contributed by atoms with Crippen LogP contribution in [0.1, 0.15) is 20.8 Å². The van der Waals surface area contributed by atoms with Crippen molar-refractivity contribution in [2.24, 2.45) is 5.16 Å². The number of hydrogen-bond donors (Lipinski definition) is 1. The summed E-state index contributed by atoms with van der Waals surface area (Å²) in [6, 6.07) is 1.58. The Hall–Kier alpha value is -1.85. The molecule has 0 atom stereocenters. The lowest BCUT2D eigenvalue weighted by atomic mass is 10.2.